The van der Waals surface area contributed by atoms with Crippen molar-refractivity contribution in [1.29, 1.82) is 0 Å². The summed E-state index contributed by atoms with van der Waals surface area (Å²) in [6, 6.07) is 5.76. The van der Waals surface area contributed by atoms with Crippen molar-refractivity contribution in [1.82, 2.24) is 0 Å². The van der Waals surface area contributed by atoms with Crippen LogP contribution in [0.25, 0.3) is 0 Å². The molecule has 0 N–H and O–H groups in total. The number of hydrogen-bond acceptors (Lipinski definition) is 3. The highest BCUT2D eigenvalue weighted by Crippen LogP contribution is 2.23. The molecule has 2 aromatic rings. The van der Waals surface area contributed by atoms with Gasteiger partial charge in [-0.3, -0.25) is 4.79 Å². The molecule has 0 spiro atoms. The zero-order valence-electron chi connectivity index (χ0n) is 9.57. The number of halogens is 2. The molecule has 0 aliphatic heterocycles. The Hall–Kier alpha value is -1.75. The number of thiophene rings is 1. The second-order valence-electron chi connectivity index (χ2n) is 3.65. The molecular weight excluding hydrogens is 258 g/mol. The molecule has 0 radical (unpaired) electrons. The number of methoxy groups -OCH3 is 1. The summed E-state index contributed by atoms with van der Waals surface area (Å²) in [5, 5.41) is 1.86. The van der Waals surface area contributed by atoms with Crippen LogP contribution in [0.5, 0.6) is 5.75 Å². The monoisotopic (exact) mass is 268 g/mol. The van der Waals surface area contributed by atoms with E-state index in [0.29, 0.717) is 0 Å². The molecule has 0 saturated heterocycles. The fourth-order valence-corrected chi connectivity index (χ4v) is 2.25. The maximum Gasteiger partial charge on any atom is 0.200 e. The van der Waals surface area contributed by atoms with E-state index in [9.17, 15) is 13.6 Å². The van der Waals surface area contributed by atoms with E-state index in [0.717, 1.165) is 10.9 Å². The summed E-state index contributed by atoms with van der Waals surface area (Å²) in [7, 11) is 1.23. The van der Waals surface area contributed by atoms with Gasteiger partial charge < -0.3 is 4.74 Å². The Morgan fingerprint density at radius 3 is 2.78 bits per heavy atom. The number of hydrogen-bond donors (Lipinski definition) is 0. The summed E-state index contributed by atoms with van der Waals surface area (Å²) in [6.45, 7) is 0. The Balaban J connectivity index is 2.28. The molecule has 0 bridgehead atoms. The van der Waals surface area contributed by atoms with E-state index in [1.54, 1.807) is 0 Å². The first kappa shape index (κ1) is 12.7. The third-order valence-corrected chi connectivity index (χ3v) is 3.33. The lowest BCUT2D eigenvalue weighted by Gasteiger charge is -2.06. The van der Waals surface area contributed by atoms with E-state index < -0.39 is 11.6 Å². The highest BCUT2D eigenvalue weighted by molar-refractivity contribution is 7.10. The van der Waals surface area contributed by atoms with Gasteiger partial charge in [0.2, 0.25) is 5.82 Å². The van der Waals surface area contributed by atoms with Gasteiger partial charge in [-0.15, -0.1) is 11.3 Å². The number of carbonyl (C=O) groups is 1. The molecule has 1 heterocycles. The van der Waals surface area contributed by atoms with Crippen molar-refractivity contribution < 1.29 is 18.3 Å². The first-order valence-corrected chi connectivity index (χ1v) is 6.08. The van der Waals surface area contributed by atoms with Gasteiger partial charge in [0.1, 0.15) is 0 Å². The number of ketones is 1. The summed E-state index contributed by atoms with van der Waals surface area (Å²) >= 11 is 1.44. The van der Waals surface area contributed by atoms with Crippen LogP contribution in [0.1, 0.15) is 15.2 Å². The van der Waals surface area contributed by atoms with Gasteiger partial charge in [-0.05, 0) is 23.6 Å². The van der Waals surface area contributed by atoms with Gasteiger partial charge in [0.05, 0.1) is 7.11 Å². The number of rotatable bonds is 4. The minimum atomic E-state index is -1.08. The van der Waals surface area contributed by atoms with Crippen molar-refractivity contribution in [2.45, 2.75) is 6.42 Å². The van der Waals surface area contributed by atoms with Gasteiger partial charge in [0, 0.05) is 16.9 Å². The van der Waals surface area contributed by atoms with Gasteiger partial charge in [-0.25, -0.2) is 4.39 Å². The van der Waals surface area contributed by atoms with Gasteiger partial charge in [-0.1, -0.05) is 6.07 Å². The fraction of sp³-hybridized carbons (Fsp3) is 0.154. The second kappa shape index (κ2) is 5.27. The summed E-state index contributed by atoms with van der Waals surface area (Å²) in [5.41, 5.74) is 0.110. The smallest absolute Gasteiger partial charge is 0.200 e. The fourth-order valence-electron chi connectivity index (χ4n) is 1.55. The highest BCUT2D eigenvalue weighted by atomic mass is 32.1. The topological polar surface area (TPSA) is 26.3 Å². The van der Waals surface area contributed by atoms with E-state index in [2.05, 4.69) is 4.74 Å². The first-order valence-electron chi connectivity index (χ1n) is 5.20. The van der Waals surface area contributed by atoms with Crippen LogP contribution in [0.4, 0.5) is 8.78 Å². The second-order valence-corrected chi connectivity index (χ2v) is 4.69. The van der Waals surface area contributed by atoms with Crippen molar-refractivity contribution in [2.75, 3.05) is 7.11 Å². The van der Waals surface area contributed by atoms with Crippen LogP contribution in [-0.2, 0) is 6.42 Å². The molecule has 0 saturated carbocycles. The Morgan fingerprint density at radius 2 is 2.17 bits per heavy atom. The molecule has 2 nitrogen and oxygen atoms in total. The number of carbonyl (C=O) groups excluding carboxylic acids is 1. The lowest BCUT2D eigenvalue weighted by atomic mass is 10.1. The van der Waals surface area contributed by atoms with Crippen LogP contribution in [0.2, 0.25) is 0 Å². The molecule has 5 heteroatoms. The van der Waals surface area contributed by atoms with Crippen molar-refractivity contribution in [3.05, 3.63) is 51.7 Å². The van der Waals surface area contributed by atoms with Crippen LogP contribution in [0, 0.1) is 11.6 Å². The van der Waals surface area contributed by atoms with E-state index in [1.807, 2.05) is 17.5 Å². The standard InChI is InChI=1S/C13H10F2O2S/c1-17-12-6-8(5-10(14)13(12)15)11(16)7-9-3-2-4-18-9/h2-6H,7H2,1H3. The third-order valence-electron chi connectivity index (χ3n) is 2.45. The zero-order valence-corrected chi connectivity index (χ0v) is 10.4. The summed E-state index contributed by atoms with van der Waals surface area (Å²) < 4.78 is 31.2. The quantitative estimate of drug-likeness (QED) is 0.794. The molecule has 0 atom stereocenters. The van der Waals surface area contributed by atoms with Gasteiger partial charge in [0.25, 0.3) is 0 Å². The summed E-state index contributed by atoms with van der Waals surface area (Å²) in [5.74, 6) is -2.69. The Morgan fingerprint density at radius 1 is 1.39 bits per heavy atom. The molecule has 1 aromatic carbocycles. The molecular formula is C13H10F2O2S. The lowest BCUT2D eigenvalue weighted by Crippen LogP contribution is -2.05. The molecule has 0 fully saturated rings. The third kappa shape index (κ3) is 2.56. The lowest BCUT2D eigenvalue weighted by molar-refractivity contribution is 0.0993. The molecule has 18 heavy (non-hydrogen) atoms. The van der Waals surface area contributed by atoms with Crippen molar-refractivity contribution in [2.24, 2.45) is 0 Å². The average Bonchev–Trinajstić information content (AvgIpc) is 2.85. The normalized spacial score (nSPS) is 10.4. The number of Topliss-reactive ketones (excluding diaryl/α,β-unsaturated/α-hetero) is 1. The molecule has 2 rings (SSSR count). The van der Waals surface area contributed by atoms with Crippen LogP contribution in [-0.4, -0.2) is 12.9 Å². The maximum atomic E-state index is 13.3. The number of ether oxygens (including phenoxy) is 1. The highest BCUT2D eigenvalue weighted by Gasteiger charge is 2.16. The van der Waals surface area contributed by atoms with Crippen LogP contribution < -0.4 is 4.74 Å². The SMILES string of the molecule is COc1cc(C(=O)Cc2cccs2)cc(F)c1F. The molecule has 0 aliphatic carbocycles. The predicted molar refractivity (Wildman–Crippen MR) is 65.3 cm³/mol. The molecule has 0 amide bonds. The molecule has 0 unspecified atom stereocenters. The van der Waals surface area contributed by atoms with E-state index in [-0.39, 0.29) is 23.5 Å². The molecule has 1 aromatic heterocycles. The molecule has 0 aliphatic rings. The van der Waals surface area contributed by atoms with E-state index in [4.69, 9.17) is 0 Å². The minimum Gasteiger partial charge on any atom is -0.494 e. The summed E-state index contributed by atoms with van der Waals surface area (Å²) in [6.07, 6.45) is 0.173. The first-order chi connectivity index (χ1) is 8.61. The molecule has 94 valence electrons. The summed E-state index contributed by atoms with van der Waals surface area (Å²) in [4.78, 5) is 12.8. The van der Waals surface area contributed by atoms with Gasteiger partial charge in [0.15, 0.2) is 17.3 Å². The minimum absolute atomic E-state index is 0.110. The average molecular weight is 268 g/mol. The van der Waals surface area contributed by atoms with Crippen LogP contribution >= 0.6 is 11.3 Å². The van der Waals surface area contributed by atoms with Crippen LogP contribution in [0.3, 0.4) is 0 Å². The Labute approximate surface area is 107 Å². The maximum absolute atomic E-state index is 13.3. The Bertz CT molecular complexity index is 565. The van der Waals surface area contributed by atoms with E-state index in [1.165, 1.54) is 24.5 Å². The Kier molecular flexibility index (Phi) is 3.72. The van der Waals surface area contributed by atoms with E-state index >= 15 is 0 Å². The van der Waals surface area contributed by atoms with Gasteiger partial charge in [-0.2, -0.15) is 4.39 Å². The van der Waals surface area contributed by atoms with Crippen molar-refractivity contribution in [3.63, 3.8) is 0 Å². The van der Waals surface area contributed by atoms with Crippen LogP contribution in [0.15, 0.2) is 29.6 Å². The zero-order chi connectivity index (χ0) is 13.1. The van der Waals surface area contributed by atoms with Crippen molar-refractivity contribution >= 4 is 17.1 Å². The van der Waals surface area contributed by atoms with Crippen molar-refractivity contribution in [3.8, 4) is 5.75 Å². The predicted octanol–water partition coefficient (Wildman–Crippen LogP) is 3.46. The van der Waals surface area contributed by atoms with Gasteiger partial charge >= 0.3 is 0 Å². The largest absolute Gasteiger partial charge is 0.494 e. The number of benzene rings is 1.